The van der Waals surface area contributed by atoms with E-state index in [1.54, 1.807) is 4.90 Å². The van der Waals surface area contributed by atoms with Gasteiger partial charge in [0.25, 0.3) is 5.91 Å². The molecule has 0 radical (unpaired) electrons. The van der Waals surface area contributed by atoms with Gasteiger partial charge in [-0.05, 0) is 12.6 Å². The van der Waals surface area contributed by atoms with Crippen LogP contribution in [0.4, 0.5) is 0 Å². The number of nitrogens with one attached hydrogen (secondary N) is 1. The second-order valence-corrected chi connectivity index (χ2v) is 3.58. The molecule has 2 atom stereocenters. The molecule has 3 rings (SSSR count). The summed E-state index contributed by atoms with van der Waals surface area (Å²) in [6.07, 6.45) is 8.77. The topological polar surface area (TPSA) is 35.6 Å². The molecule has 0 spiro atoms. The molecule has 1 N–H and O–H groups in total. The predicted molar refractivity (Wildman–Crippen MR) is 47.2 cm³/mol. The molecule has 1 amide bonds. The van der Waals surface area contributed by atoms with Crippen molar-refractivity contribution >= 4 is 5.91 Å². The molecule has 0 aromatic carbocycles. The molecule has 13 heavy (non-hydrogen) atoms. The van der Waals surface area contributed by atoms with E-state index in [1.807, 2.05) is 18.6 Å². The highest BCUT2D eigenvalue weighted by atomic mass is 16.2. The predicted octanol–water partition coefficient (Wildman–Crippen LogP) is -0.183. The Labute approximate surface area is 76.5 Å². The van der Waals surface area contributed by atoms with Crippen LogP contribution in [-0.4, -0.2) is 34.5 Å². The van der Waals surface area contributed by atoms with Gasteiger partial charge in [-0.3, -0.25) is 9.69 Å². The molecule has 2 unspecified atom stereocenters. The molecule has 3 aliphatic heterocycles. The molecule has 3 aliphatic rings. The molecule has 68 valence electrons. The van der Waals surface area contributed by atoms with E-state index in [2.05, 4.69) is 16.3 Å². The molecule has 1 saturated heterocycles. The average molecular weight is 177 g/mol. The van der Waals surface area contributed by atoms with Crippen LogP contribution in [0.1, 0.15) is 6.42 Å². The van der Waals surface area contributed by atoms with Gasteiger partial charge < -0.3 is 10.2 Å². The number of carbonyl (C=O) groups is 1. The van der Waals surface area contributed by atoms with Crippen LogP contribution in [0.15, 0.2) is 24.7 Å². The number of amides is 1. The van der Waals surface area contributed by atoms with E-state index in [9.17, 15) is 4.79 Å². The van der Waals surface area contributed by atoms with Crippen molar-refractivity contribution in [2.75, 3.05) is 6.54 Å². The lowest BCUT2D eigenvalue weighted by molar-refractivity contribution is -0.139. The fourth-order valence-electron chi connectivity index (χ4n) is 2.15. The van der Waals surface area contributed by atoms with E-state index >= 15 is 0 Å². The quantitative estimate of drug-likeness (QED) is 0.557. The third-order valence-corrected chi connectivity index (χ3v) is 2.84. The van der Waals surface area contributed by atoms with E-state index < -0.39 is 0 Å². The highest BCUT2D eigenvalue weighted by Gasteiger charge is 2.40. The fraction of sp³-hybridized carbons (Fsp3) is 0.444. The minimum atomic E-state index is 0.0563. The van der Waals surface area contributed by atoms with Gasteiger partial charge in [0.05, 0.1) is 6.54 Å². The van der Waals surface area contributed by atoms with E-state index in [0.29, 0.717) is 0 Å². The van der Waals surface area contributed by atoms with Crippen molar-refractivity contribution in [3.8, 4) is 0 Å². The first kappa shape index (κ1) is 7.00. The van der Waals surface area contributed by atoms with E-state index in [0.717, 1.165) is 13.0 Å². The summed E-state index contributed by atoms with van der Waals surface area (Å²) in [5.41, 5.74) is 0. The standard InChI is InChI=1S/C9H11N3O/c13-9-7-2-1-4-11(7)6-8-10-3-5-12(8)9/h1,3-5,7-8,10H,2,6H2. The second kappa shape index (κ2) is 2.28. The van der Waals surface area contributed by atoms with Crippen LogP contribution in [-0.2, 0) is 4.79 Å². The summed E-state index contributed by atoms with van der Waals surface area (Å²) in [5, 5.41) is 3.15. The van der Waals surface area contributed by atoms with Gasteiger partial charge in [0.1, 0.15) is 12.2 Å². The van der Waals surface area contributed by atoms with Crippen LogP contribution >= 0.6 is 0 Å². The van der Waals surface area contributed by atoms with Crippen molar-refractivity contribution in [2.45, 2.75) is 18.6 Å². The second-order valence-electron chi connectivity index (χ2n) is 3.58. The van der Waals surface area contributed by atoms with E-state index in [1.165, 1.54) is 0 Å². The van der Waals surface area contributed by atoms with E-state index in [4.69, 9.17) is 0 Å². The molecule has 0 saturated carbocycles. The zero-order chi connectivity index (χ0) is 8.84. The Morgan fingerprint density at radius 1 is 1.46 bits per heavy atom. The summed E-state index contributed by atoms with van der Waals surface area (Å²) in [6.45, 7) is 0.889. The van der Waals surface area contributed by atoms with Gasteiger partial charge in [-0.1, -0.05) is 6.08 Å². The molecule has 0 aromatic rings. The van der Waals surface area contributed by atoms with Gasteiger partial charge in [-0.25, -0.2) is 0 Å². The monoisotopic (exact) mass is 177 g/mol. The highest BCUT2D eigenvalue weighted by Crippen LogP contribution is 2.25. The van der Waals surface area contributed by atoms with Gasteiger partial charge in [-0.2, -0.15) is 0 Å². The van der Waals surface area contributed by atoms with Crippen molar-refractivity contribution in [2.24, 2.45) is 0 Å². The van der Waals surface area contributed by atoms with Gasteiger partial charge in [0.2, 0.25) is 0 Å². The summed E-state index contributed by atoms with van der Waals surface area (Å²) < 4.78 is 0. The van der Waals surface area contributed by atoms with Crippen molar-refractivity contribution in [3.05, 3.63) is 24.7 Å². The maximum Gasteiger partial charge on any atom is 0.251 e. The fourth-order valence-corrected chi connectivity index (χ4v) is 2.15. The van der Waals surface area contributed by atoms with Crippen molar-refractivity contribution in [1.29, 1.82) is 0 Å². The Balaban J connectivity index is 1.91. The van der Waals surface area contributed by atoms with Crippen LogP contribution in [0, 0.1) is 0 Å². The third kappa shape index (κ3) is 0.826. The summed E-state index contributed by atoms with van der Waals surface area (Å²) in [7, 11) is 0. The summed E-state index contributed by atoms with van der Waals surface area (Å²) >= 11 is 0. The first-order chi connectivity index (χ1) is 6.36. The zero-order valence-corrected chi connectivity index (χ0v) is 7.18. The normalized spacial score (nSPS) is 34.9. The van der Waals surface area contributed by atoms with Crippen molar-refractivity contribution < 1.29 is 4.79 Å². The van der Waals surface area contributed by atoms with Crippen LogP contribution in [0.5, 0.6) is 0 Å². The van der Waals surface area contributed by atoms with Crippen LogP contribution < -0.4 is 5.32 Å². The Hall–Kier alpha value is -1.45. The maximum absolute atomic E-state index is 11.8. The molecule has 4 heteroatoms. The molecule has 1 fully saturated rings. The summed E-state index contributed by atoms with van der Waals surface area (Å²) in [6, 6.07) is 0.0563. The lowest BCUT2D eigenvalue weighted by Gasteiger charge is -2.39. The first-order valence-electron chi connectivity index (χ1n) is 4.53. The highest BCUT2D eigenvalue weighted by molar-refractivity contribution is 5.85. The number of rotatable bonds is 0. The van der Waals surface area contributed by atoms with Gasteiger partial charge in [-0.15, -0.1) is 0 Å². The van der Waals surface area contributed by atoms with Gasteiger partial charge >= 0.3 is 0 Å². The molecule has 0 aromatic heterocycles. The molecule has 0 bridgehead atoms. The van der Waals surface area contributed by atoms with E-state index in [-0.39, 0.29) is 18.1 Å². The maximum atomic E-state index is 11.8. The zero-order valence-electron chi connectivity index (χ0n) is 7.18. The lowest BCUT2D eigenvalue weighted by atomic mass is 10.1. The molecular formula is C9H11N3O. The lowest BCUT2D eigenvalue weighted by Crippen LogP contribution is -2.58. The Kier molecular flexibility index (Phi) is 1.23. The number of carbonyl (C=O) groups excluding carboxylic acids is 1. The van der Waals surface area contributed by atoms with Crippen LogP contribution in [0.3, 0.4) is 0 Å². The first-order valence-corrected chi connectivity index (χ1v) is 4.53. The smallest absolute Gasteiger partial charge is 0.251 e. The Morgan fingerprint density at radius 3 is 3.31 bits per heavy atom. The largest absolute Gasteiger partial charge is 0.368 e. The molecular weight excluding hydrogens is 166 g/mol. The Morgan fingerprint density at radius 2 is 2.38 bits per heavy atom. The number of hydrogen-bond donors (Lipinski definition) is 1. The third-order valence-electron chi connectivity index (χ3n) is 2.84. The number of nitrogens with zero attached hydrogens (tertiary/aromatic N) is 2. The SMILES string of the molecule is O=C1C2CC=CN2CC2NC=CN12. The van der Waals surface area contributed by atoms with Crippen molar-refractivity contribution in [3.63, 3.8) is 0 Å². The number of piperazine rings is 1. The molecule has 4 nitrogen and oxygen atoms in total. The number of hydrogen-bond acceptors (Lipinski definition) is 3. The van der Waals surface area contributed by atoms with Gasteiger partial charge in [0.15, 0.2) is 0 Å². The molecule has 0 aliphatic carbocycles. The van der Waals surface area contributed by atoms with Gasteiger partial charge in [0, 0.05) is 12.4 Å². The summed E-state index contributed by atoms with van der Waals surface area (Å²) in [4.78, 5) is 15.8. The van der Waals surface area contributed by atoms with Crippen LogP contribution in [0.2, 0.25) is 0 Å². The molecule has 3 heterocycles. The minimum absolute atomic E-state index is 0.0563. The minimum Gasteiger partial charge on any atom is -0.368 e. The summed E-state index contributed by atoms with van der Waals surface area (Å²) in [5.74, 6) is 0.211. The Bertz CT molecular complexity index is 310. The van der Waals surface area contributed by atoms with Crippen LogP contribution in [0.25, 0.3) is 0 Å². The average Bonchev–Trinajstić information content (AvgIpc) is 2.71. The van der Waals surface area contributed by atoms with Crippen molar-refractivity contribution in [1.82, 2.24) is 15.1 Å². The number of fused-ring (bicyclic) bond motifs is 2.